The molecular formula is C22H26BrN5O3S. The maximum absolute atomic E-state index is 12.7. The molecule has 0 aliphatic heterocycles. The zero-order valence-corrected chi connectivity index (χ0v) is 20.0. The van der Waals surface area contributed by atoms with E-state index >= 15 is 0 Å². The summed E-state index contributed by atoms with van der Waals surface area (Å²) >= 11 is 3.40. The lowest BCUT2D eigenvalue weighted by atomic mass is 10.2. The van der Waals surface area contributed by atoms with E-state index < -0.39 is 10.0 Å². The molecule has 0 saturated heterocycles. The highest BCUT2D eigenvalue weighted by Gasteiger charge is 2.15. The average molecular weight is 520 g/mol. The molecule has 0 amide bonds. The Hall–Kier alpha value is -2.53. The van der Waals surface area contributed by atoms with E-state index in [0.717, 1.165) is 12.0 Å². The van der Waals surface area contributed by atoms with Gasteiger partial charge in [-0.15, -0.1) is 0 Å². The lowest BCUT2D eigenvalue weighted by Gasteiger charge is -2.16. The van der Waals surface area contributed by atoms with Gasteiger partial charge >= 0.3 is 0 Å². The van der Waals surface area contributed by atoms with Crippen molar-refractivity contribution in [3.8, 4) is 0 Å². The van der Waals surface area contributed by atoms with Gasteiger partial charge in [-0.3, -0.25) is 0 Å². The van der Waals surface area contributed by atoms with Crippen LogP contribution < -0.4 is 15.4 Å². The van der Waals surface area contributed by atoms with Gasteiger partial charge in [-0.25, -0.2) is 18.1 Å². The number of hydrogen-bond acceptors (Lipinski definition) is 7. The van der Waals surface area contributed by atoms with Crippen molar-refractivity contribution in [3.05, 3.63) is 70.8 Å². The van der Waals surface area contributed by atoms with Gasteiger partial charge < -0.3 is 15.7 Å². The van der Waals surface area contributed by atoms with Crippen LogP contribution in [0.2, 0.25) is 0 Å². The fraction of sp³-hybridized carbons (Fsp3) is 0.273. The van der Waals surface area contributed by atoms with E-state index in [0.29, 0.717) is 34.9 Å². The molecule has 1 heterocycles. The second-order valence-electron chi connectivity index (χ2n) is 7.11. The summed E-state index contributed by atoms with van der Waals surface area (Å²) in [5.41, 5.74) is 1.60. The van der Waals surface area contributed by atoms with E-state index in [1.54, 1.807) is 24.4 Å². The van der Waals surface area contributed by atoms with E-state index in [1.165, 1.54) is 6.07 Å². The number of anilines is 3. The molecule has 0 unspecified atom stereocenters. The molecule has 0 saturated carbocycles. The third-order valence-electron chi connectivity index (χ3n) is 4.75. The SMILES string of the molecule is CC[C@H](CO)Nc1nc(Nc2cccc(S(=O)(=O)NCCc3ccccc3)c2)ncc1Br. The molecule has 170 valence electrons. The summed E-state index contributed by atoms with van der Waals surface area (Å²) in [6.45, 7) is 2.24. The van der Waals surface area contributed by atoms with E-state index in [4.69, 9.17) is 0 Å². The van der Waals surface area contributed by atoms with Crippen LogP contribution in [0.4, 0.5) is 17.5 Å². The summed E-state index contributed by atoms with van der Waals surface area (Å²) < 4.78 is 28.7. The molecule has 8 nitrogen and oxygen atoms in total. The van der Waals surface area contributed by atoms with Crippen LogP contribution in [0.1, 0.15) is 18.9 Å². The molecule has 3 aromatic rings. The monoisotopic (exact) mass is 519 g/mol. The normalized spacial score (nSPS) is 12.3. The lowest BCUT2D eigenvalue weighted by molar-refractivity contribution is 0.271. The minimum atomic E-state index is -3.66. The molecule has 0 aliphatic rings. The van der Waals surface area contributed by atoms with Gasteiger partial charge in [0.2, 0.25) is 16.0 Å². The summed E-state index contributed by atoms with van der Waals surface area (Å²) in [4.78, 5) is 8.80. The maximum atomic E-state index is 12.7. The molecule has 10 heteroatoms. The topological polar surface area (TPSA) is 116 Å². The largest absolute Gasteiger partial charge is 0.394 e. The fourth-order valence-electron chi connectivity index (χ4n) is 2.93. The zero-order valence-electron chi connectivity index (χ0n) is 17.6. The van der Waals surface area contributed by atoms with Gasteiger partial charge in [0.25, 0.3) is 0 Å². The van der Waals surface area contributed by atoms with Gasteiger partial charge in [0, 0.05) is 18.4 Å². The number of aliphatic hydroxyl groups is 1. The van der Waals surface area contributed by atoms with Crippen molar-refractivity contribution >= 4 is 43.4 Å². The van der Waals surface area contributed by atoms with Crippen LogP contribution in [0.3, 0.4) is 0 Å². The first-order chi connectivity index (χ1) is 15.4. The van der Waals surface area contributed by atoms with Crippen molar-refractivity contribution in [1.29, 1.82) is 0 Å². The van der Waals surface area contributed by atoms with E-state index in [2.05, 4.69) is 41.3 Å². The van der Waals surface area contributed by atoms with Gasteiger partial charge in [-0.1, -0.05) is 43.3 Å². The average Bonchev–Trinajstić information content (AvgIpc) is 2.80. The molecular weight excluding hydrogens is 494 g/mol. The number of aromatic nitrogens is 2. The van der Waals surface area contributed by atoms with Gasteiger partial charge in [0.1, 0.15) is 5.82 Å². The molecule has 2 aromatic carbocycles. The van der Waals surface area contributed by atoms with E-state index in [-0.39, 0.29) is 17.5 Å². The molecule has 3 rings (SSSR count). The Labute approximate surface area is 196 Å². The van der Waals surface area contributed by atoms with Crippen LogP contribution in [-0.2, 0) is 16.4 Å². The summed E-state index contributed by atoms with van der Waals surface area (Å²) in [6.07, 6.45) is 2.92. The van der Waals surface area contributed by atoms with E-state index in [1.807, 2.05) is 37.3 Å². The predicted molar refractivity (Wildman–Crippen MR) is 130 cm³/mol. The van der Waals surface area contributed by atoms with Crippen LogP contribution in [0, 0.1) is 0 Å². The third-order valence-corrected chi connectivity index (χ3v) is 6.79. The fourth-order valence-corrected chi connectivity index (χ4v) is 4.31. The van der Waals surface area contributed by atoms with Crippen LogP contribution in [0.25, 0.3) is 0 Å². The number of sulfonamides is 1. The molecule has 0 aliphatic carbocycles. The number of benzene rings is 2. The molecule has 32 heavy (non-hydrogen) atoms. The lowest BCUT2D eigenvalue weighted by Crippen LogP contribution is -2.26. The van der Waals surface area contributed by atoms with Gasteiger partial charge in [0.15, 0.2) is 0 Å². The Morgan fingerprint density at radius 3 is 2.62 bits per heavy atom. The number of rotatable bonds is 11. The summed E-state index contributed by atoms with van der Waals surface area (Å²) in [6, 6.07) is 16.0. The van der Waals surface area contributed by atoms with Gasteiger partial charge in [-0.05, 0) is 52.5 Å². The standard InChI is InChI=1S/C22H26BrN5O3S/c1-2-17(15-29)26-21-20(23)14-24-22(28-21)27-18-9-6-10-19(13-18)32(30,31)25-12-11-16-7-4-3-5-8-16/h3-10,13-14,17,25,29H,2,11-12,15H2,1H3,(H2,24,26,27,28)/t17-/m1/s1. The van der Waals surface area contributed by atoms with Crippen molar-refractivity contribution < 1.29 is 13.5 Å². The zero-order chi connectivity index (χ0) is 23.0. The Bertz CT molecular complexity index is 1130. The molecule has 0 radical (unpaired) electrons. The molecule has 1 atom stereocenters. The summed E-state index contributed by atoms with van der Waals surface area (Å²) in [5.74, 6) is 0.838. The molecule has 0 bridgehead atoms. The van der Waals surface area contributed by atoms with Crippen LogP contribution in [0.5, 0.6) is 0 Å². The van der Waals surface area contributed by atoms with Crippen LogP contribution >= 0.6 is 15.9 Å². The summed E-state index contributed by atoms with van der Waals surface area (Å²) in [5, 5.41) is 15.6. The Kier molecular flexibility index (Phi) is 8.57. The third kappa shape index (κ3) is 6.73. The quantitative estimate of drug-likeness (QED) is 0.305. The molecule has 0 fully saturated rings. The number of nitrogens with zero attached hydrogens (tertiary/aromatic N) is 2. The molecule has 1 aromatic heterocycles. The highest BCUT2D eigenvalue weighted by Crippen LogP contribution is 2.24. The Balaban J connectivity index is 1.69. The minimum absolute atomic E-state index is 0.0210. The maximum Gasteiger partial charge on any atom is 0.240 e. The first-order valence-electron chi connectivity index (χ1n) is 10.2. The smallest absolute Gasteiger partial charge is 0.240 e. The predicted octanol–water partition coefficient (Wildman–Crippen LogP) is 3.69. The Morgan fingerprint density at radius 1 is 1.12 bits per heavy atom. The highest BCUT2D eigenvalue weighted by atomic mass is 79.9. The highest BCUT2D eigenvalue weighted by molar-refractivity contribution is 9.10. The van der Waals surface area contributed by atoms with Crippen molar-refractivity contribution in [2.24, 2.45) is 0 Å². The van der Waals surface area contributed by atoms with Gasteiger partial charge in [0.05, 0.1) is 22.0 Å². The first kappa shape index (κ1) is 24.1. The van der Waals surface area contributed by atoms with Crippen molar-refractivity contribution in [2.45, 2.75) is 30.7 Å². The molecule has 0 spiro atoms. The number of hydrogen-bond donors (Lipinski definition) is 4. The van der Waals surface area contributed by atoms with Crippen molar-refractivity contribution in [1.82, 2.24) is 14.7 Å². The Morgan fingerprint density at radius 2 is 1.91 bits per heavy atom. The van der Waals surface area contributed by atoms with Crippen LogP contribution in [-0.4, -0.2) is 42.7 Å². The van der Waals surface area contributed by atoms with Gasteiger partial charge in [-0.2, -0.15) is 4.98 Å². The number of nitrogens with one attached hydrogen (secondary N) is 3. The van der Waals surface area contributed by atoms with Crippen molar-refractivity contribution in [2.75, 3.05) is 23.8 Å². The minimum Gasteiger partial charge on any atom is -0.394 e. The second-order valence-corrected chi connectivity index (χ2v) is 9.73. The van der Waals surface area contributed by atoms with E-state index in [9.17, 15) is 13.5 Å². The first-order valence-corrected chi connectivity index (χ1v) is 12.5. The summed E-state index contributed by atoms with van der Waals surface area (Å²) in [7, 11) is -3.66. The molecule has 4 N–H and O–H groups in total. The van der Waals surface area contributed by atoms with Crippen molar-refractivity contribution in [3.63, 3.8) is 0 Å². The number of halogens is 1. The number of aliphatic hydroxyl groups excluding tert-OH is 1. The van der Waals surface area contributed by atoms with Crippen LogP contribution in [0.15, 0.2) is 70.2 Å². The second kappa shape index (κ2) is 11.4.